The van der Waals surface area contributed by atoms with Crippen LogP contribution in [-0.2, 0) is 17.7 Å². The van der Waals surface area contributed by atoms with Crippen LogP contribution in [0.3, 0.4) is 0 Å². The maximum absolute atomic E-state index is 5.92. The van der Waals surface area contributed by atoms with Crippen LogP contribution in [0.1, 0.15) is 38.4 Å². The van der Waals surface area contributed by atoms with Gasteiger partial charge in [-0.25, -0.2) is 4.98 Å². The minimum Gasteiger partial charge on any atom is -0.472 e. The third-order valence-electron chi connectivity index (χ3n) is 3.33. The molecule has 1 unspecified atom stereocenters. The van der Waals surface area contributed by atoms with Crippen LogP contribution in [-0.4, -0.2) is 30.8 Å². The molecule has 4 nitrogen and oxygen atoms in total. The highest BCUT2D eigenvalue weighted by Crippen LogP contribution is 2.18. The summed E-state index contributed by atoms with van der Waals surface area (Å²) in [5.41, 5.74) is 2.33. The van der Waals surface area contributed by atoms with Crippen LogP contribution in [0, 0.1) is 5.92 Å². The molecule has 1 aromatic heterocycles. The fourth-order valence-electron chi connectivity index (χ4n) is 2.25. The molecular formula is C16H26N2O2. The number of ether oxygens (including phenoxy) is 2. The number of hydrogen-bond donors (Lipinski definition) is 1. The van der Waals surface area contributed by atoms with Gasteiger partial charge in [-0.2, -0.15) is 0 Å². The summed E-state index contributed by atoms with van der Waals surface area (Å²) in [6.07, 6.45) is 2.04. The second-order valence-electron chi connectivity index (χ2n) is 5.79. The molecule has 1 fully saturated rings. The highest BCUT2D eigenvalue weighted by atomic mass is 16.5. The van der Waals surface area contributed by atoms with E-state index in [4.69, 9.17) is 9.47 Å². The molecule has 0 amide bonds. The van der Waals surface area contributed by atoms with Crippen LogP contribution in [0.5, 0.6) is 5.88 Å². The smallest absolute Gasteiger partial charge is 0.214 e. The molecule has 1 aliphatic rings. The number of hydrogen-bond acceptors (Lipinski definition) is 4. The number of nitrogens with zero attached hydrogens (tertiary/aromatic N) is 1. The maximum atomic E-state index is 5.92. The second kappa shape index (κ2) is 7.60. The molecule has 4 heteroatoms. The van der Waals surface area contributed by atoms with E-state index in [1.807, 2.05) is 6.07 Å². The monoisotopic (exact) mass is 278 g/mol. The Hall–Kier alpha value is -1.13. The van der Waals surface area contributed by atoms with Gasteiger partial charge in [0.05, 0.1) is 13.2 Å². The van der Waals surface area contributed by atoms with Gasteiger partial charge >= 0.3 is 0 Å². The molecule has 0 radical (unpaired) electrons. The average molecular weight is 278 g/mol. The van der Waals surface area contributed by atoms with Crippen LogP contribution < -0.4 is 10.1 Å². The Kier molecular flexibility index (Phi) is 5.80. The number of aryl methyl sites for hydroxylation is 1. The standard InChI is InChI=1S/C16H26N2O2/c1-4-14-7-13(10-17-9-12(2)3)8-16(18-14)20-15-5-6-19-11-15/h7-8,12,15,17H,4-6,9-11H2,1-3H3. The lowest BCUT2D eigenvalue weighted by Gasteiger charge is -2.14. The number of nitrogens with one attached hydrogen (secondary N) is 1. The Balaban J connectivity index is 1.99. The van der Waals surface area contributed by atoms with Crippen molar-refractivity contribution in [3.63, 3.8) is 0 Å². The Labute approximate surface area is 121 Å². The van der Waals surface area contributed by atoms with Gasteiger partial charge in [0.15, 0.2) is 0 Å². The van der Waals surface area contributed by atoms with E-state index >= 15 is 0 Å². The summed E-state index contributed by atoms with van der Waals surface area (Å²) in [5, 5.41) is 3.47. The Morgan fingerprint density at radius 3 is 2.95 bits per heavy atom. The third kappa shape index (κ3) is 4.76. The molecule has 0 spiro atoms. The molecule has 2 heterocycles. The fraction of sp³-hybridized carbons (Fsp3) is 0.688. The summed E-state index contributed by atoms with van der Waals surface area (Å²) in [6, 6.07) is 4.20. The summed E-state index contributed by atoms with van der Waals surface area (Å²) in [7, 11) is 0. The van der Waals surface area contributed by atoms with E-state index in [9.17, 15) is 0 Å². The average Bonchev–Trinajstić information content (AvgIpc) is 2.91. The highest BCUT2D eigenvalue weighted by molar-refractivity contribution is 5.25. The van der Waals surface area contributed by atoms with Gasteiger partial charge in [-0.1, -0.05) is 20.8 Å². The minimum atomic E-state index is 0.158. The van der Waals surface area contributed by atoms with E-state index in [1.54, 1.807) is 0 Å². The van der Waals surface area contributed by atoms with E-state index in [2.05, 4.69) is 37.1 Å². The van der Waals surface area contributed by atoms with Gasteiger partial charge in [-0.3, -0.25) is 0 Å². The van der Waals surface area contributed by atoms with E-state index in [0.29, 0.717) is 12.5 Å². The van der Waals surface area contributed by atoms with Crippen molar-refractivity contribution in [1.29, 1.82) is 0 Å². The Morgan fingerprint density at radius 2 is 2.30 bits per heavy atom. The van der Waals surface area contributed by atoms with Crippen molar-refractivity contribution in [2.45, 2.75) is 46.3 Å². The zero-order chi connectivity index (χ0) is 14.4. The predicted octanol–water partition coefficient (Wildman–Crippen LogP) is 2.56. The first-order valence-corrected chi connectivity index (χ1v) is 7.62. The minimum absolute atomic E-state index is 0.158. The topological polar surface area (TPSA) is 43.4 Å². The molecule has 112 valence electrons. The highest BCUT2D eigenvalue weighted by Gasteiger charge is 2.18. The van der Waals surface area contributed by atoms with Crippen molar-refractivity contribution in [3.05, 3.63) is 23.4 Å². The van der Waals surface area contributed by atoms with Gasteiger partial charge in [0.25, 0.3) is 0 Å². The van der Waals surface area contributed by atoms with E-state index in [1.165, 1.54) is 5.56 Å². The summed E-state index contributed by atoms with van der Waals surface area (Å²) < 4.78 is 11.3. The van der Waals surface area contributed by atoms with Crippen LogP contribution in [0.15, 0.2) is 12.1 Å². The first kappa shape index (κ1) is 15.3. The first-order chi connectivity index (χ1) is 9.67. The molecular weight excluding hydrogens is 252 g/mol. The predicted molar refractivity (Wildman–Crippen MR) is 80.0 cm³/mol. The first-order valence-electron chi connectivity index (χ1n) is 7.62. The summed E-state index contributed by atoms with van der Waals surface area (Å²) in [5.74, 6) is 1.40. The van der Waals surface area contributed by atoms with Crippen molar-refractivity contribution >= 4 is 0 Å². The third-order valence-corrected chi connectivity index (χ3v) is 3.33. The van der Waals surface area contributed by atoms with Gasteiger partial charge in [0, 0.05) is 24.7 Å². The van der Waals surface area contributed by atoms with E-state index < -0.39 is 0 Å². The lowest BCUT2D eigenvalue weighted by molar-refractivity contribution is 0.138. The molecule has 1 N–H and O–H groups in total. The van der Waals surface area contributed by atoms with Crippen molar-refractivity contribution in [1.82, 2.24) is 10.3 Å². The molecule has 2 rings (SSSR count). The molecule has 0 aliphatic carbocycles. The zero-order valence-corrected chi connectivity index (χ0v) is 12.8. The lowest BCUT2D eigenvalue weighted by atomic mass is 10.2. The molecule has 0 saturated carbocycles. The molecule has 0 bridgehead atoms. The normalized spacial score (nSPS) is 18.7. The quantitative estimate of drug-likeness (QED) is 0.832. The maximum Gasteiger partial charge on any atom is 0.214 e. The van der Waals surface area contributed by atoms with Gasteiger partial charge in [0.2, 0.25) is 5.88 Å². The van der Waals surface area contributed by atoms with Crippen molar-refractivity contribution < 1.29 is 9.47 Å². The SMILES string of the molecule is CCc1cc(CNCC(C)C)cc(OC2CCOC2)n1. The summed E-state index contributed by atoms with van der Waals surface area (Å²) >= 11 is 0. The molecule has 20 heavy (non-hydrogen) atoms. The summed E-state index contributed by atoms with van der Waals surface area (Å²) in [4.78, 5) is 4.55. The van der Waals surface area contributed by atoms with Gasteiger partial charge < -0.3 is 14.8 Å². The molecule has 0 aromatic carbocycles. The van der Waals surface area contributed by atoms with Crippen LogP contribution in [0.25, 0.3) is 0 Å². The zero-order valence-electron chi connectivity index (χ0n) is 12.8. The van der Waals surface area contributed by atoms with Gasteiger partial charge in [0.1, 0.15) is 6.10 Å². The second-order valence-corrected chi connectivity index (χ2v) is 5.79. The number of rotatable bonds is 7. The Morgan fingerprint density at radius 1 is 1.45 bits per heavy atom. The molecule has 1 saturated heterocycles. The molecule has 1 aromatic rings. The van der Waals surface area contributed by atoms with E-state index in [-0.39, 0.29) is 6.10 Å². The van der Waals surface area contributed by atoms with Crippen LogP contribution >= 0.6 is 0 Å². The van der Waals surface area contributed by atoms with Crippen molar-refractivity contribution in [2.24, 2.45) is 5.92 Å². The number of pyridine rings is 1. The van der Waals surface area contributed by atoms with Gasteiger partial charge in [-0.15, -0.1) is 0 Å². The van der Waals surface area contributed by atoms with Gasteiger partial charge in [-0.05, 0) is 30.5 Å². The summed E-state index contributed by atoms with van der Waals surface area (Å²) in [6.45, 7) is 9.91. The number of aromatic nitrogens is 1. The fourth-order valence-corrected chi connectivity index (χ4v) is 2.25. The Bertz CT molecular complexity index is 415. The van der Waals surface area contributed by atoms with Crippen molar-refractivity contribution in [3.8, 4) is 5.88 Å². The van der Waals surface area contributed by atoms with Crippen LogP contribution in [0.4, 0.5) is 0 Å². The van der Waals surface area contributed by atoms with E-state index in [0.717, 1.165) is 44.1 Å². The lowest BCUT2D eigenvalue weighted by Crippen LogP contribution is -2.20. The molecule has 1 atom stereocenters. The van der Waals surface area contributed by atoms with Crippen LogP contribution in [0.2, 0.25) is 0 Å². The largest absolute Gasteiger partial charge is 0.472 e. The molecule has 1 aliphatic heterocycles. The van der Waals surface area contributed by atoms with Crippen molar-refractivity contribution in [2.75, 3.05) is 19.8 Å².